The summed E-state index contributed by atoms with van der Waals surface area (Å²) in [4.78, 5) is 0. The lowest BCUT2D eigenvalue weighted by molar-refractivity contribution is -0.660. The number of rotatable bonds is 2. The second-order valence-corrected chi connectivity index (χ2v) is 10.1. The van der Waals surface area contributed by atoms with E-state index in [1.165, 1.54) is 66.9 Å². The van der Waals surface area contributed by atoms with Gasteiger partial charge in [-0.25, -0.2) is 4.57 Å². The molecular weight excluding hydrogens is 422 g/mol. The summed E-state index contributed by atoms with van der Waals surface area (Å²) in [6.45, 7) is 4.47. The van der Waals surface area contributed by atoms with Crippen molar-refractivity contribution in [2.24, 2.45) is 7.05 Å². The molecule has 1 nitrogen and oxygen atoms in total. The minimum Gasteiger partial charge on any atom is -0.201 e. The van der Waals surface area contributed by atoms with Crippen molar-refractivity contribution in [2.45, 2.75) is 25.7 Å². The summed E-state index contributed by atoms with van der Waals surface area (Å²) >= 11 is 0. The Kier molecular flexibility index (Phi) is 4.38. The Morgan fingerprint density at radius 2 is 1.06 bits per heavy atom. The van der Waals surface area contributed by atoms with Crippen molar-refractivity contribution in [2.75, 3.05) is 0 Å². The van der Waals surface area contributed by atoms with Crippen LogP contribution in [0.2, 0.25) is 0 Å². The molecule has 0 radical (unpaired) electrons. The van der Waals surface area contributed by atoms with E-state index in [0.717, 1.165) is 0 Å². The monoisotopic (exact) mass is 450 g/mol. The Morgan fingerprint density at radius 1 is 0.514 bits per heavy atom. The van der Waals surface area contributed by atoms with Crippen LogP contribution < -0.4 is 4.57 Å². The summed E-state index contributed by atoms with van der Waals surface area (Å²) in [6, 6.07) is 36.4. The molecule has 0 fully saturated rings. The minimum atomic E-state index is 0.303. The molecule has 168 valence electrons. The topological polar surface area (TPSA) is 3.88 Å². The molecule has 0 spiro atoms. The fourth-order valence-corrected chi connectivity index (χ4v) is 6.50. The van der Waals surface area contributed by atoms with Crippen LogP contribution in [0.5, 0.6) is 0 Å². The molecule has 1 heterocycles. The van der Waals surface area contributed by atoms with Crippen LogP contribution in [0.1, 0.15) is 56.3 Å². The zero-order valence-corrected chi connectivity index (χ0v) is 20.4. The predicted molar refractivity (Wildman–Crippen MR) is 143 cm³/mol. The Labute approximate surface area is 207 Å². The van der Waals surface area contributed by atoms with E-state index in [4.69, 9.17) is 0 Å². The maximum atomic E-state index is 2.49. The molecule has 0 N–H and O–H groups in total. The van der Waals surface area contributed by atoms with Crippen LogP contribution in [0.3, 0.4) is 0 Å². The highest BCUT2D eigenvalue weighted by molar-refractivity contribution is 5.77. The quantitative estimate of drug-likeness (QED) is 0.241. The molecule has 0 unspecified atom stereocenters. The average Bonchev–Trinajstić information content (AvgIpc) is 2.89. The van der Waals surface area contributed by atoms with E-state index in [0.29, 0.717) is 11.8 Å². The van der Waals surface area contributed by atoms with Crippen LogP contribution in [-0.4, -0.2) is 0 Å². The second-order valence-electron chi connectivity index (χ2n) is 10.1. The number of aryl methyl sites for hydroxylation is 3. The van der Waals surface area contributed by atoms with Gasteiger partial charge in [-0.1, -0.05) is 72.8 Å². The van der Waals surface area contributed by atoms with Crippen molar-refractivity contribution in [1.29, 1.82) is 0 Å². The summed E-state index contributed by atoms with van der Waals surface area (Å²) in [7, 11) is 2.14. The van der Waals surface area contributed by atoms with Crippen LogP contribution in [0.25, 0.3) is 22.4 Å². The highest BCUT2D eigenvalue weighted by Crippen LogP contribution is 2.56. The molecule has 3 aliphatic rings. The third-order valence-corrected chi connectivity index (χ3v) is 8.17. The molecule has 1 heteroatoms. The molecule has 4 aromatic carbocycles. The molecule has 0 atom stereocenters. The van der Waals surface area contributed by atoms with Crippen LogP contribution in [-0.2, 0) is 7.05 Å². The van der Waals surface area contributed by atoms with Gasteiger partial charge < -0.3 is 0 Å². The van der Waals surface area contributed by atoms with Crippen LogP contribution >= 0.6 is 0 Å². The Morgan fingerprint density at radius 3 is 1.66 bits per heavy atom. The minimum absolute atomic E-state index is 0.303. The maximum Gasteiger partial charge on any atom is 0.213 e. The first-order chi connectivity index (χ1) is 17.1. The van der Waals surface area contributed by atoms with Gasteiger partial charge in [0.1, 0.15) is 7.05 Å². The average molecular weight is 451 g/mol. The molecule has 0 saturated heterocycles. The zero-order valence-electron chi connectivity index (χ0n) is 20.4. The lowest BCUT2D eigenvalue weighted by Crippen LogP contribution is -2.30. The zero-order chi connectivity index (χ0) is 23.7. The summed E-state index contributed by atoms with van der Waals surface area (Å²) in [5.41, 5.74) is 16.6. The van der Waals surface area contributed by atoms with Crippen molar-refractivity contribution in [1.82, 2.24) is 0 Å². The number of pyridine rings is 1. The summed E-state index contributed by atoms with van der Waals surface area (Å²) in [5.74, 6) is 0.628. The molecule has 35 heavy (non-hydrogen) atoms. The van der Waals surface area contributed by atoms with Gasteiger partial charge in [0, 0.05) is 29.5 Å². The van der Waals surface area contributed by atoms with E-state index in [9.17, 15) is 0 Å². The van der Waals surface area contributed by atoms with Gasteiger partial charge in [0.05, 0.1) is 0 Å². The van der Waals surface area contributed by atoms with Gasteiger partial charge in [-0.3, -0.25) is 0 Å². The van der Waals surface area contributed by atoms with Crippen LogP contribution in [0, 0.1) is 13.8 Å². The highest BCUT2D eigenvalue weighted by Gasteiger charge is 2.41. The fourth-order valence-electron chi connectivity index (χ4n) is 6.50. The van der Waals surface area contributed by atoms with E-state index >= 15 is 0 Å². The highest BCUT2D eigenvalue weighted by atomic mass is 14.9. The predicted octanol–water partition coefficient (Wildman–Crippen LogP) is 7.45. The van der Waals surface area contributed by atoms with E-state index < -0.39 is 0 Å². The Balaban J connectivity index is 1.44. The van der Waals surface area contributed by atoms with Gasteiger partial charge in [-0.15, -0.1) is 0 Å². The number of hydrogen-bond donors (Lipinski definition) is 0. The first-order valence-electron chi connectivity index (χ1n) is 12.5. The lowest BCUT2D eigenvalue weighted by Gasteiger charge is -2.42. The molecule has 1 aromatic heterocycles. The van der Waals surface area contributed by atoms with Gasteiger partial charge in [0.15, 0.2) is 6.20 Å². The van der Waals surface area contributed by atoms with Crippen molar-refractivity contribution >= 4 is 0 Å². The standard InChI is InChI=1S/C34H28N/c1-21-10-4-5-11-24(21)32-19-23(16-17-35(32)3)29-20-31-30(18-22(29)2)33-25-12-6-8-14-27(25)34(31)28-15-9-7-13-26(28)33/h4-20,33-34H,1-3H3/q+1. The van der Waals surface area contributed by atoms with E-state index in [1.54, 1.807) is 0 Å². The van der Waals surface area contributed by atoms with Gasteiger partial charge in [-0.05, 0) is 81.6 Å². The normalized spacial score (nSPS) is 17.0. The van der Waals surface area contributed by atoms with Crippen molar-refractivity contribution < 1.29 is 4.57 Å². The van der Waals surface area contributed by atoms with Gasteiger partial charge in [0.25, 0.3) is 0 Å². The number of nitrogens with zero attached hydrogens (tertiary/aromatic N) is 1. The number of benzene rings is 4. The smallest absolute Gasteiger partial charge is 0.201 e. The van der Waals surface area contributed by atoms with Gasteiger partial charge in [-0.2, -0.15) is 0 Å². The molecule has 0 amide bonds. The maximum absolute atomic E-state index is 2.49. The van der Waals surface area contributed by atoms with E-state index in [1.807, 2.05) is 0 Å². The fraction of sp³-hybridized carbons (Fsp3) is 0.147. The van der Waals surface area contributed by atoms with Crippen molar-refractivity contribution in [3.8, 4) is 22.4 Å². The van der Waals surface area contributed by atoms with Gasteiger partial charge >= 0.3 is 0 Å². The van der Waals surface area contributed by atoms with Crippen LogP contribution in [0.15, 0.2) is 103 Å². The summed E-state index contributed by atoms with van der Waals surface area (Å²) in [6.07, 6.45) is 2.20. The molecule has 2 bridgehead atoms. The van der Waals surface area contributed by atoms with E-state index in [2.05, 4.69) is 129 Å². The SMILES string of the molecule is Cc1cc2c(cc1-c1cc[n+](C)c(-c3ccccc3C)c1)C1c3ccccc3C2c2ccccc21. The largest absolute Gasteiger partial charge is 0.213 e. The van der Waals surface area contributed by atoms with Crippen molar-refractivity contribution in [3.63, 3.8) is 0 Å². The Hall–Kier alpha value is -3.97. The molecule has 5 aromatic rings. The van der Waals surface area contributed by atoms with Gasteiger partial charge in [0.2, 0.25) is 5.69 Å². The first kappa shape index (κ1) is 20.4. The molecule has 8 rings (SSSR count). The van der Waals surface area contributed by atoms with Crippen molar-refractivity contribution in [3.05, 3.63) is 148 Å². The third kappa shape index (κ3) is 2.91. The molecular formula is C34H28N+. The van der Waals surface area contributed by atoms with E-state index in [-0.39, 0.29) is 0 Å². The second kappa shape index (κ2) is 7.52. The third-order valence-electron chi connectivity index (χ3n) is 8.17. The number of aromatic nitrogens is 1. The summed E-state index contributed by atoms with van der Waals surface area (Å²) in [5, 5.41) is 0. The molecule has 3 aliphatic carbocycles. The molecule has 0 aliphatic heterocycles. The lowest BCUT2D eigenvalue weighted by atomic mass is 9.60. The summed E-state index contributed by atoms with van der Waals surface area (Å²) < 4.78 is 2.23. The Bertz CT molecular complexity index is 1590. The number of hydrogen-bond acceptors (Lipinski definition) is 0. The first-order valence-corrected chi connectivity index (χ1v) is 12.5. The molecule has 0 saturated carbocycles. The van der Waals surface area contributed by atoms with Crippen LogP contribution in [0.4, 0.5) is 0 Å².